The molecule has 4 nitrogen and oxygen atoms in total. The molecule has 0 aliphatic rings. The summed E-state index contributed by atoms with van der Waals surface area (Å²) < 4.78 is 10.3. The van der Waals surface area contributed by atoms with E-state index in [9.17, 15) is 9.59 Å². The molecule has 0 aliphatic heterocycles. The van der Waals surface area contributed by atoms with E-state index < -0.39 is 20.7 Å². The van der Waals surface area contributed by atoms with Crippen LogP contribution in [0, 0.1) is 0 Å². The lowest BCUT2D eigenvalue weighted by atomic mass is 10.1. The second-order valence-electron chi connectivity index (χ2n) is 4.65. The van der Waals surface area contributed by atoms with Crippen LogP contribution in [0.3, 0.4) is 0 Å². The first-order valence-electron chi connectivity index (χ1n) is 6.60. The molecule has 0 bridgehead atoms. The molecule has 108 valence electrons. The van der Waals surface area contributed by atoms with E-state index in [1.165, 1.54) is 0 Å². The first kappa shape index (κ1) is 16.2. The highest BCUT2D eigenvalue weighted by atomic mass is 28.3. The number of benzene rings is 1. The largest absolute Gasteiger partial charge is 0.462 e. The van der Waals surface area contributed by atoms with Crippen LogP contribution in [0.4, 0.5) is 0 Å². The topological polar surface area (TPSA) is 52.6 Å². The van der Waals surface area contributed by atoms with Crippen molar-refractivity contribution in [3.8, 4) is 0 Å². The van der Waals surface area contributed by atoms with Crippen molar-refractivity contribution in [2.75, 3.05) is 6.61 Å². The molecule has 1 atom stereocenters. The Morgan fingerprint density at radius 3 is 2.10 bits per heavy atom. The van der Waals surface area contributed by atoms with Crippen molar-refractivity contribution in [1.29, 1.82) is 0 Å². The van der Waals surface area contributed by atoms with Gasteiger partial charge in [-0.3, -0.25) is 0 Å². The molecule has 0 N–H and O–H groups in total. The Morgan fingerprint density at radius 2 is 1.70 bits per heavy atom. The Balaban J connectivity index is 2.75. The van der Waals surface area contributed by atoms with Crippen LogP contribution >= 0.6 is 0 Å². The molecule has 0 heterocycles. The summed E-state index contributed by atoms with van der Waals surface area (Å²) >= 11 is 0. The van der Waals surface area contributed by atoms with E-state index in [-0.39, 0.29) is 5.73 Å². The average Bonchev–Trinajstić information content (AvgIpc) is 2.44. The molecule has 1 rings (SSSR count). The molecule has 0 aromatic heterocycles. The average molecular weight is 292 g/mol. The number of ether oxygens (including phenoxy) is 2. The monoisotopic (exact) mass is 292 g/mol. The van der Waals surface area contributed by atoms with Gasteiger partial charge in [0.15, 0.2) is 0 Å². The van der Waals surface area contributed by atoms with Crippen LogP contribution in [-0.2, 0) is 9.47 Å². The zero-order chi connectivity index (χ0) is 15.1. The quantitative estimate of drug-likeness (QED) is 0.459. The van der Waals surface area contributed by atoms with E-state index in [0.717, 1.165) is 0 Å². The highest BCUT2D eigenvalue weighted by Gasteiger charge is 2.17. The molecule has 0 spiro atoms. The first-order valence-corrected chi connectivity index (χ1v) is 9.58. The summed E-state index contributed by atoms with van der Waals surface area (Å²) in [5.74, 6) is -0.794. The van der Waals surface area contributed by atoms with Crippen molar-refractivity contribution >= 4 is 20.7 Å². The van der Waals surface area contributed by atoms with Crippen molar-refractivity contribution in [2.45, 2.75) is 25.7 Å². The van der Waals surface area contributed by atoms with Gasteiger partial charge < -0.3 is 9.47 Å². The summed E-state index contributed by atoms with van der Waals surface area (Å²) in [5, 5.41) is 0. The zero-order valence-electron chi connectivity index (χ0n) is 12.1. The maximum Gasteiger partial charge on any atom is 0.338 e. The van der Waals surface area contributed by atoms with E-state index in [0.29, 0.717) is 17.7 Å². The first-order chi connectivity index (χ1) is 9.49. The van der Waals surface area contributed by atoms with Gasteiger partial charge in [0.25, 0.3) is 0 Å². The summed E-state index contributed by atoms with van der Waals surface area (Å²) in [7, 11) is -1.14. The van der Waals surface area contributed by atoms with Gasteiger partial charge in [-0.25, -0.2) is 9.59 Å². The third-order valence-electron chi connectivity index (χ3n) is 2.76. The van der Waals surface area contributed by atoms with Gasteiger partial charge in [-0.1, -0.05) is 25.7 Å². The molecule has 1 unspecified atom stereocenters. The molecular weight excluding hydrogens is 272 g/mol. The van der Waals surface area contributed by atoms with Gasteiger partial charge in [-0.05, 0) is 31.2 Å². The number of rotatable bonds is 6. The maximum absolute atomic E-state index is 12.0. The summed E-state index contributed by atoms with van der Waals surface area (Å²) in [6, 6.07) is 6.25. The van der Waals surface area contributed by atoms with E-state index in [4.69, 9.17) is 9.47 Å². The highest BCUT2D eigenvalue weighted by Crippen LogP contribution is 2.10. The summed E-state index contributed by atoms with van der Waals surface area (Å²) in [5.41, 5.74) is 0.647. The van der Waals surface area contributed by atoms with E-state index in [2.05, 4.69) is 19.7 Å². The lowest BCUT2D eigenvalue weighted by Crippen LogP contribution is -2.28. The van der Waals surface area contributed by atoms with Crippen LogP contribution in [0.15, 0.2) is 36.9 Å². The predicted molar refractivity (Wildman–Crippen MR) is 80.7 cm³/mol. The molecule has 0 saturated heterocycles. The zero-order valence-corrected chi connectivity index (χ0v) is 13.2. The summed E-state index contributed by atoms with van der Waals surface area (Å²) in [6.07, 6.45) is 1.67. The number of carbonyl (C=O) groups excluding carboxylic acids is 2. The van der Waals surface area contributed by atoms with Gasteiger partial charge in [-0.15, -0.1) is 0 Å². The van der Waals surface area contributed by atoms with Crippen molar-refractivity contribution in [3.63, 3.8) is 0 Å². The Hall–Kier alpha value is -1.88. The number of hydrogen-bond acceptors (Lipinski definition) is 4. The van der Waals surface area contributed by atoms with Gasteiger partial charge in [0, 0.05) is 0 Å². The Kier molecular flexibility index (Phi) is 6.18. The maximum atomic E-state index is 12.0. The van der Waals surface area contributed by atoms with Gasteiger partial charge in [0.2, 0.25) is 0 Å². The van der Waals surface area contributed by atoms with Crippen LogP contribution in [0.5, 0.6) is 0 Å². The van der Waals surface area contributed by atoms with Gasteiger partial charge in [0.05, 0.1) is 26.5 Å². The standard InChI is InChI=1S/C15H20O4Si/c1-5-13(20(3)4)19-15(17)12-9-7-11(8-10-12)14(16)18-6-2/h5,7-10,13,20H,1,6H2,2-4H3. The second kappa shape index (κ2) is 7.64. The van der Waals surface area contributed by atoms with Gasteiger partial charge >= 0.3 is 11.9 Å². The van der Waals surface area contributed by atoms with Crippen molar-refractivity contribution in [3.05, 3.63) is 48.0 Å². The predicted octanol–water partition coefficient (Wildman–Crippen LogP) is 2.60. The number of hydrogen-bond donors (Lipinski definition) is 0. The van der Waals surface area contributed by atoms with Gasteiger partial charge in [0.1, 0.15) is 5.73 Å². The van der Waals surface area contributed by atoms with Crippen molar-refractivity contribution < 1.29 is 19.1 Å². The van der Waals surface area contributed by atoms with Crippen molar-refractivity contribution in [2.24, 2.45) is 0 Å². The Labute approximate surface area is 121 Å². The smallest absolute Gasteiger partial charge is 0.338 e. The minimum atomic E-state index is -1.14. The van der Waals surface area contributed by atoms with Crippen molar-refractivity contribution in [1.82, 2.24) is 0 Å². The Morgan fingerprint density at radius 1 is 1.20 bits per heavy atom. The third-order valence-corrected chi connectivity index (χ3v) is 4.49. The van der Waals surface area contributed by atoms with Crippen LogP contribution in [-0.4, -0.2) is 33.1 Å². The second-order valence-corrected chi connectivity index (χ2v) is 7.79. The molecule has 0 radical (unpaired) electrons. The fourth-order valence-corrected chi connectivity index (χ4v) is 2.54. The van der Waals surface area contributed by atoms with E-state index in [1.807, 2.05) is 0 Å². The van der Waals surface area contributed by atoms with Gasteiger partial charge in [-0.2, -0.15) is 0 Å². The SMILES string of the molecule is C=CC(OC(=O)c1ccc(C(=O)OCC)cc1)[SiH](C)C. The van der Waals surface area contributed by atoms with E-state index in [1.54, 1.807) is 37.3 Å². The third kappa shape index (κ3) is 4.34. The molecule has 0 aliphatic carbocycles. The lowest BCUT2D eigenvalue weighted by molar-refractivity contribution is 0.0489. The number of carbonyl (C=O) groups is 2. The fraction of sp³-hybridized carbons (Fsp3) is 0.333. The molecule has 0 amide bonds. The van der Waals surface area contributed by atoms with Crippen LogP contribution in [0.2, 0.25) is 13.1 Å². The molecule has 5 heteroatoms. The molecular formula is C15H20O4Si. The molecule has 1 aromatic carbocycles. The molecule has 20 heavy (non-hydrogen) atoms. The Bertz CT molecular complexity index is 479. The highest BCUT2D eigenvalue weighted by molar-refractivity contribution is 6.58. The molecule has 1 aromatic rings. The lowest BCUT2D eigenvalue weighted by Gasteiger charge is -2.16. The fourth-order valence-electron chi connectivity index (χ4n) is 1.60. The van der Waals surface area contributed by atoms with E-state index >= 15 is 0 Å². The van der Waals surface area contributed by atoms with Crippen LogP contribution in [0.25, 0.3) is 0 Å². The minimum absolute atomic E-state index is 0.188. The molecule has 0 fully saturated rings. The summed E-state index contributed by atoms with van der Waals surface area (Å²) in [4.78, 5) is 23.5. The minimum Gasteiger partial charge on any atom is -0.462 e. The molecule has 0 saturated carbocycles. The number of esters is 2. The summed E-state index contributed by atoms with van der Waals surface area (Å²) in [6.45, 7) is 9.92. The van der Waals surface area contributed by atoms with Crippen LogP contribution < -0.4 is 0 Å². The van der Waals surface area contributed by atoms with Crippen LogP contribution in [0.1, 0.15) is 27.6 Å². The normalized spacial score (nSPS) is 11.8.